The van der Waals surface area contributed by atoms with Gasteiger partial charge in [0, 0.05) is 24.8 Å². The number of anilines is 1. The Morgan fingerprint density at radius 3 is 2.53 bits per heavy atom. The highest BCUT2D eigenvalue weighted by Gasteiger charge is 2.12. The molecule has 19 heavy (non-hydrogen) atoms. The number of nitrogens with zero attached hydrogens (tertiary/aromatic N) is 1. The first-order valence-electron chi connectivity index (χ1n) is 6.82. The van der Waals surface area contributed by atoms with Crippen molar-refractivity contribution in [2.24, 2.45) is 5.41 Å². The van der Waals surface area contributed by atoms with Gasteiger partial charge in [-0.3, -0.25) is 4.79 Å². The molecular weight excluding hydrogens is 238 g/mol. The van der Waals surface area contributed by atoms with Crippen LogP contribution >= 0.6 is 0 Å². The maximum Gasteiger partial charge on any atom is 0.251 e. The number of amides is 1. The number of nitrogens with one attached hydrogen (secondary N) is 2. The average molecular weight is 263 g/mol. The predicted octanol–water partition coefficient (Wildman–Crippen LogP) is 2.85. The molecule has 1 aromatic heterocycles. The van der Waals surface area contributed by atoms with Gasteiger partial charge in [-0.15, -0.1) is 0 Å². The molecule has 4 heteroatoms. The summed E-state index contributed by atoms with van der Waals surface area (Å²) >= 11 is 0. The summed E-state index contributed by atoms with van der Waals surface area (Å²) in [5.41, 5.74) is 1.83. The first kappa shape index (κ1) is 15.5. The molecule has 1 rings (SSSR count). The number of rotatable bonds is 5. The van der Waals surface area contributed by atoms with E-state index in [9.17, 15) is 4.79 Å². The highest BCUT2D eigenvalue weighted by molar-refractivity contribution is 5.95. The molecule has 4 nitrogen and oxygen atoms in total. The summed E-state index contributed by atoms with van der Waals surface area (Å²) < 4.78 is 0. The molecule has 1 amide bonds. The van der Waals surface area contributed by atoms with Crippen molar-refractivity contribution in [1.82, 2.24) is 10.3 Å². The van der Waals surface area contributed by atoms with Crippen LogP contribution in [0.25, 0.3) is 0 Å². The Hall–Kier alpha value is -1.58. The third-order valence-electron chi connectivity index (χ3n) is 2.92. The Kier molecular flexibility index (Phi) is 5.33. The van der Waals surface area contributed by atoms with Crippen LogP contribution in [-0.4, -0.2) is 24.5 Å². The second-order valence-corrected chi connectivity index (χ2v) is 5.90. The summed E-state index contributed by atoms with van der Waals surface area (Å²) in [6, 6.07) is 3.64. The average Bonchev–Trinajstić information content (AvgIpc) is 2.36. The molecule has 2 N–H and O–H groups in total. The molecule has 0 aromatic carbocycles. The van der Waals surface area contributed by atoms with Gasteiger partial charge in [-0.25, -0.2) is 4.98 Å². The molecule has 0 atom stereocenters. The summed E-state index contributed by atoms with van der Waals surface area (Å²) in [7, 11) is 1.81. The Bertz CT molecular complexity index is 413. The molecule has 0 aliphatic carbocycles. The topological polar surface area (TPSA) is 54.0 Å². The van der Waals surface area contributed by atoms with Crippen molar-refractivity contribution in [3.8, 4) is 0 Å². The van der Waals surface area contributed by atoms with Gasteiger partial charge in [0.2, 0.25) is 0 Å². The Balaban J connectivity index is 2.71. The Labute approximate surface area is 116 Å². The smallest absolute Gasteiger partial charge is 0.251 e. The zero-order valence-electron chi connectivity index (χ0n) is 12.6. The van der Waals surface area contributed by atoms with Crippen LogP contribution in [0.1, 0.15) is 50.2 Å². The zero-order chi connectivity index (χ0) is 14.5. The number of aryl methyl sites for hydroxylation is 1. The minimum Gasteiger partial charge on any atom is -0.373 e. The first-order chi connectivity index (χ1) is 8.85. The lowest BCUT2D eigenvalue weighted by molar-refractivity contribution is 0.0949. The fourth-order valence-electron chi connectivity index (χ4n) is 1.68. The van der Waals surface area contributed by atoms with Gasteiger partial charge in [0.15, 0.2) is 0 Å². The second-order valence-electron chi connectivity index (χ2n) is 5.90. The van der Waals surface area contributed by atoms with Crippen LogP contribution in [0.4, 0.5) is 5.82 Å². The van der Waals surface area contributed by atoms with Gasteiger partial charge in [-0.05, 0) is 30.4 Å². The highest BCUT2D eigenvalue weighted by atomic mass is 16.1. The van der Waals surface area contributed by atoms with Crippen LogP contribution in [0.15, 0.2) is 12.1 Å². The monoisotopic (exact) mass is 263 g/mol. The molecule has 0 saturated heterocycles. The van der Waals surface area contributed by atoms with Crippen molar-refractivity contribution >= 4 is 11.7 Å². The van der Waals surface area contributed by atoms with Crippen molar-refractivity contribution in [3.63, 3.8) is 0 Å². The number of pyridine rings is 1. The van der Waals surface area contributed by atoms with Gasteiger partial charge in [0.1, 0.15) is 5.82 Å². The fraction of sp³-hybridized carbons (Fsp3) is 0.600. The van der Waals surface area contributed by atoms with E-state index in [0.29, 0.717) is 12.1 Å². The summed E-state index contributed by atoms with van der Waals surface area (Å²) in [5.74, 6) is 0.707. The third kappa shape index (κ3) is 5.28. The van der Waals surface area contributed by atoms with E-state index in [1.807, 2.05) is 20.0 Å². The lowest BCUT2D eigenvalue weighted by Gasteiger charge is -2.18. The molecule has 0 aliphatic heterocycles. The summed E-state index contributed by atoms with van der Waals surface area (Å²) in [4.78, 5) is 16.5. The molecule has 106 valence electrons. The summed E-state index contributed by atoms with van der Waals surface area (Å²) in [5, 5.41) is 5.95. The van der Waals surface area contributed by atoms with Crippen LogP contribution in [0, 0.1) is 5.41 Å². The number of carbonyl (C=O) groups excluding carboxylic acids is 1. The molecule has 0 aliphatic rings. The van der Waals surface area contributed by atoms with Crippen molar-refractivity contribution < 1.29 is 4.79 Å². The number of hydrogen-bond acceptors (Lipinski definition) is 3. The highest BCUT2D eigenvalue weighted by Crippen LogP contribution is 2.17. The molecule has 1 heterocycles. The largest absolute Gasteiger partial charge is 0.373 e. The minimum absolute atomic E-state index is 0.0298. The molecule has 0 radical (unpaired) electrons. The molecule has 0 spiro atoms. The van der Waals surface area contributed by atoms with Crippen LogP contribution in [0.5, 0.6) is 0 Å². The zero-order valence-corrected chi connectivity index (χ0v) is 12.6. The van der Waals surface area contributed by atoms with E-state index in [1.54, 1.807) is 6.07 Å². The van der Waals surface area contributed by atoms with Crippen molar-refractivity contribution in [2.75, 3.05) is 18.9 Å². The van der Waals surface area contributed by atoms with E-state index in [1.165, 1.54) is 0 Å². The van der Waals surface area contributed by atoms with E-state index in [0.717, 1.165) is 24.4 Å². The molecule has 1 aromatic rings. The van der Waals surface area contributed by atoms with Crippen molar-refractivity contribution in [1.29, 1.82) is 0 Å². The van der Waals surface area contributed by atoms with E-state index in [2.05, 4.69) is 36.4 Å². The Morgan fingerprint density at radius 1 is 1.32 bits per heavy atom. The van der Waals surface area contributed by atoms with Crippen LogP contribution in [0.2, 0.25) is 0 Å². The fourth-order valence-corrected chi connectivity index (χ4v) is 1.68. The maximum absolute atomic E-state index is 12.1. The second kappa shape index (κ2) is 6.55. The van der Waals surface area contributed by atoms with E-state index in [-0.39, 0.29) is 11.3 Å². The van der Waals surface area contributed by atoms with Crippen LogP contribution in [-0.2, 0) is 6.42 Å². The predicted molar refractivity (Wildman–Crippen MR) is 79.6 cm³/mol. The molecule has 0 bridgehead atoms. The van der Waals surface area contributed by atoms with Gasteiger partial charge < -0.3 is 10.6 Å². The number of hydrogen-bond donors (Lipinski definition) is 2. The van der Waals surface area contributed by atoms with Crippen LogP contribution in [0.3, 0.4) is 0 Å². The molecule has 0 saturated carbocycles. The molecule has 0 unspecified atom stereocenters. The van der Waals surface area contributed by atoms with Gasteiger partial charge in [0.05, 0.1) is 0 Å². The van der Waals surface area contributed by atoms with E-state index in [4.69, 9.17) is 0 Å². The van der Waals surface area contributed by atoms with E-state index >= 15 is 0 Å². The lowest BCUT2D eigenvalue weighted by Crippen LogP contribution is -2.27. The van der Waals surface area contributed by atoms with Gasteiger partial charge >= 0.3 is 0 Å². The number of carbonyl (C=O) groups is 1. The maximum atomic E-state index is 12.1. The third-order valence-corrected chi connectivity index (χ3v) is 2.92. The van der Waals surface area contributed by atoms with Gasteiger partial charge in [-0.1, -0.05) is 27.7 Å². The van der Waals surface area contributed by atoms with Gasteiger partial charge in [-0.2, -0.15) is 0 Å². The SMILES string of the molecule is CCc1cc(C(=O)NCCC(C)(C)C)cc(NC)n1. The lowest BCUT2D eigenvalue weighted by atomic mass is 9.92. The van der Waals surface area contributed by atoms with Crippen molar-refractivity contribution in [2.45, 2.75) is 40.5 Å². The van der Waals surface area contributed by atoms with E-state index < -0.39 is 0 Å². The minimum atomic E-state index is -0.0298. The first-order valence-corrected chi connectivity index (χ1v) is 6.82. The van der Waals surface area contributed by atoms with Crippen LogP contribution < -0.4 is 10.6 Å². The van der Waals surface area contributed by atoms with Gasteiger partial charge in [0.25, 0.3) is 5.91 Å². The Morgan fingerprint density at radius 2 is 2.00 bits per heavy atom. The standard InChI is InChI=1S/C15H25N3O/c1-6-12-9-11(10-13(16-5)18-12)14(19)17-8-7-15(2,3)4/h9-10H,6-8H2,1-5H3,(H,16,18)(H,17,19). The summed E-state index contributed by atoms with van der Waals surface area (Å²) in [6.45, 7) is 9.23. The molecular formula is C15H25N3O. The van der Waals surface area contributed by atoms with Crippen molar-refractivity contribution in [3.05, 3.63) is 23.4 Å². The summed E-state index contributed by atoms with van der Waals surface area (Å²) in [6.07, 6.45) is 1.78. The normalized spacial score (nSPS) is 11.2. The quantitative estimate of drug-likeness (QED) is 0.859. The molecule has 0 fully saturated rings. The number of aromatic nitrogens is 1.